The number of ether oxygens (including phenoxy) is 2. The smallest absolute Gasteiger partial charge is 0.410 e. The van der Waals surface area contributed by atoms with Crippen molar-refractivity contribution in [3.05, 3.63) is 50.9 Å². The van der Waals surface area contributed by atoms with E-state index in [1.807, 2.05) is 35.7 Å². The minimum absolute atomic E-state index is 0.222. The highest BCUT2D eigenvalue weighted by Crippen LogP contribution is 2.49. The molecular formula is C21H23BrN2O5S. The van der Waals surface area contributed by atoms with Crippen LogP contribution in [0.1, 0.15) is 29.8 Å². The van der Waals surface area contributed by atoms with E-state index < -0.39 is 11.6 Å². The summed E-state index contributed by atoms with van der Waals surface area (Å²) in [5, 5.41) is 11.8. The molecule has 3 atom stereocenters. The van der Waals surface area contributed by atoms with Gasteiger partial charge >= 0.3 is 12.1 Å². The number of rotatable bonds is 6. The van der Waals surface area contributed by atoms with Crippen molar-refractivity contribution < 1.29 is 24.2 Å². The predicted molar refractivity (Wildman–Crippen MR) is 114 cm³/mol. The molecule has 1 aliphatic carbocycles. The Morgan fingerprint density at radius 2 is 2.03 bits per heavy atom. The fourth-order valence-corrected chi connectivity index (χ4v) is 5.90. The lowest BCUT2D eigenvalue weighted by molar-refractivity contribution is -0.156. The number of hydrogen-bond acceptors (Lipinski definition) is 6. The van der Waals surface area contributed by atoms with Crippen molar-refractivity contribution in [3.8, 4) is 0 Å². The van der Waals surface area contributed by atoms with Gasteiger partial charge in [0.15, 0.2) is 0 Å². The maximum atomic E-state index is 12.6. The third kappa shape index (κ3) is 4.68. The van der Waals surface area contributed by atoms with Crippen LogP contribution in [0.3, 0.4) is 0 Å². The van der Waals surface area contributed by atoms with Crippen molar-refractivity contribution in [1.82, 2.24) is 9.88 Å². The van der Waals surface area contributed by atoms with E-state index >= 15 is 0 Å². The molecule has 2 heterocycles. The number of fused-ring (bicyclic) bond motifs is 1. The fourth-order valence-electron chi connectivity index (χ4n) is 4.45. The monoisotopic (exact) mass is 494 g/mol. The molecule has 1 N–H and O–H groups in total. The number of halogens is 1. The van der Waals surface area contributed by atoms with Crippen LogP contribution in [0.15, 0.2) is 40.3 Å². The molecule has 1 aliphatic heterocycles. The number of amides is 1. The highest BCUT2D eigenvalue weighted by Gasteiger charge is 2.49. The molecule has 2 fully saturated rings. The Morgan fingerprint density at radius 3 is 2.73 bits per heavy atom. The molecule has 2 aromatic rings. The summed E-state index contributed by atoms with van der Waals surface area (Å²) in [6, 6.07) is 9.62. The zero-order valence-corrected chi connectivity index (χ0v) is 18.7. The zero-order chi connectivity index (χ0) is 21.1. The number of likely N-dealkylation sites (tertiary alicyclic amines) is 1. The number of carboxylic acids is 1. The van der Waals surface area contributed by atoms with Crippen LogP contribution in [0.5, 0.6) is 0 Å². The predicted octanol–water partition coefficient (Wildman–Crippen LogP) is 4.27. The van der Waals surface area contributed by atoms with E-state index in [4.69, 9.17) is 14.6 Å². The Labute approximate surface area is 187 Å². The van der Waals surface area contributed by atoms with Crippen LogP contribution in [0.25, 0.3) is 0 Å². The first-order valence-electron chi connectivity index (χ1n) is 9.88. The summed E-state index contributed by atoms with van der Waals surface area (Å²) >= 11 is 4.85. The SMILES string of the molecule is O=C(O)COC1(c2nc(Br)cs2)CCC2CN(C(=O)OCc3ccccc3)CC2C1. The fraction of sp³-hybridized carbons (Fsp3) is 0.476. The van der Waals surface area contributed by atoms with Crippen molar-refractivity contribution >= 4 is 39.3 Å². The van der Waals surface area contributed by atoms with Crippen molar-refractivity contribution in [3.63, 3.8) is 0 Å². The largest absolute Gasteiger partial charge is 0.480 e. The maximum absolute atomic E-state index is 12.6. The highest BCUT2D eigenvalue weighted by molar-refractivity contribution is 9.10. The third-order valence-electron chi connectivity index (χ3n) is 5.89. The minimum atomic E-state index is -0.996. The third-order valence-corrected chi connectivity index (χ3v) is 7.63. The number of benzene rings is 1. The van der Waals surface area contributed by atoms with E-state index in [2.05, 4.69) is 20.9 Å². The van der Waals surface area contributed by atoms with Gasteiger partial charge in [-0.2, -0.15) is 0 Å². The van der Waals surface area contributed by atoms with Crippen LogP contribution >= 0.6 is 27.3 Å². The molecule has 30 heavy (non-hydrogen) atoms. The number of aliphatic carboxylic acids is 1. The quantitative estimate of drug-likeness (QED) is 0.644. The molecule has 9 heteroatoms. The van der Waals surface area contributed by atoms with E-state index in [1.54, 1.807) is 4.90 Å². The summed E-state index contributed by atoms with van der Waals surface area (Å²) in [6.07, 6.45) is 1.88. The van der Waals surface area contributed by atoms with Gasteiger partial charge in [-0.1, -0.05) is 30.3 Å². The highest BCUT2D eigenvalue weighted by atomic mass is 79.9. The molecular weight excluding hydrogens is 472 g/mol. The first-order chi connectivity index (χ1) is 14.4. The normalized spacial score (nSPS) is 25.7. The standard InChI is InChI=1S/C21H23BrN2O5S/c22-17-13-30-19(23-17)21(29-12-18(25)26)7-6-15-9-24(10-16(15)8-21)20(27)28-11-14-4-2-1-3-5-14/h1-5,13,15-16H,6-12H2,(H,25,26). The molecule has 1 aromatic carbocycles. The lowest BCUT2D eigenvalue weighted by atomic mass is 9.73. The van der Waals surface area contributed by atoms with Gasteiger partial charge < -0.3 is 19.5 Å². The number of carbonyl (C=O) groups is 2. The molecule has 3 unspecified atom stereocenters. The second-order valence-electron chi connectivity index (χ2n) is 7.86. The summed E-state index contributed by atoms with van der Waals surface area (Å²) in [5.41, 5.74) is 0.234. The topological polar surface area (TPSA) is 89.0 Å². The van der Waals surface area contributed by atoms with Gasteiger partial charge in [-0.15, -0.1) is 11.3 Å². The minimum Gasteiger partial charge on any atom is -0.480 e. The molecule has 1 amide bonds. The zero-order valence-electron chi connectivity index (χ0n) is 16.3. The molecule has 1 saturated heterocycles. The van der Waals surface area contributed by atoms with Crippen molar-refractivity contribution in [2.45, 2.75) is 31.5 Å². The van der Waals surface area contributed by atoms with Gasteiger partial charge in [0, 0.05) is 18.5 Å². The summed E-state index contributed by atoms with van der Waals surface area (Å²) in [5.74, 6) is -0.414. The molecule has 0 radical (unpaired) electrons. The second kappa shape index (κ2) is 9.03. The summed E-state index contributed by atoms with van der Waals surface area (Å²) in [6.45, 7) is 1.14. The van der Waals surface area contributed by atoms with Crippen LogP contribution in [-0.4, -0.2) is 46.7 Å². The van der Waals surface area contributed by atoms with Gasteiger partial charge in [0.1, 0.15) is 28.4 Å². The molecule has 0 bridgehead atoms. The number of thiazole rings is 1. The van der Waals surface area contributed by atoms with E-state index in [0.717, 1.165) is 21.6 Å². The van der Waals surface area contributed by atoms with Gasteiger partial charge in [0.05, 0.1) is 0 Å². The van der Waals surface area contributed by atoms with Crippen LogP contribution in [0.2, 0.25) is 0 Å². The number of carbonyl (C=O) groups excluding carboxylic acids is 1. The maximum Gasteiger partial charge on any atom is 0.410 e. The molecule has 160 valence electrons. The van der Waals surface area contributed by atoms with Crippen LogP contribution in [0, 0.1) is 11.8 Å². The average Bonchev–Trinajstić information content (AvgIpc) is 3.37. The molecule has 4 rings (SSSR count). The molecule has 1 aromatic heterocycles. The number of aromatic nitrogens is 1. The van der Waals surface area contributed by atoms with Gasteiger partial charge in [-0.3, -0.25) is 0 Å². The Kier molecular flexibility index (Phi) is 6.40. The molecule has 1 saturated carbocycles. The van der Waals surface area contributed by atoms with Crippen molar-refractivity contribution in [1.29, 1.82) is 0 Å². The second-order valence-corrected chi connectivity index (χ2v) is 9.53. The first kappa shape index (κ1) is 21.3. The van der Waals surface area contributed by atoms with Gasteiger partial charge in [0.25, 0.3) is 0 Å². The lowest BCUT2D eigenvalue weighted by Gasteiger charge is -2.40. The average molecular weight is 495 g/mol. The van der Waals surface area contributed by atoms with Crippen LogP contribution in [-0.2, 0) is 26.5 Å². The van der Waals surface area contributed by atoms with E-state index in [9.17, 15) is 9.59 Å². The summed E-state index contributed by atoms with van der Waals surface area (Å²) in [4.78, 5) is 30.0. The van der Waals surface area contributed by atoms with Gasteiger partial charge in [-0.05, 0) is 52.6 Å². The molecule has 7 nitrogen and oxygen atoms in total. The summed E-state index contributed by atoms with van der Waals surface area (Å²) < 4.78 is 12.2. The van der Waals surface area contributed by atoms with Gasteiger partial charge in [0.2, 0.25) is 0 Å². The molecule has 0 spiro atoms. The first-order valence-corrected chi connectivity index (χ1v) is 11.6. The van der Waals surface area contributed by atoms with Crippen LogP contribution in [0.4, 0.5) is 4.79 Å². The van der Waals surface area contributed by atoms with E-state index in [1.165, 1.54) is 11.3 Å². The lowest BCUT2D eigenvalue weighted by Crippen LogP contribution is -2.40. The summed E-state index contributed by atoms with van der Waals surface area (Å²) in [7, 11) is 0. The number of carboxylic acid groups (broad SMARTS) is 1. The number of hydrogen-bond donors (Lipinski definition) is 1. The van der Waals surface area contributed by atoms with Crippen LogP contribution < -0.4 is 0 Å². The van der Waals surface area contributed by atoms with E-state index in [0.29, 0.717) is 31.8 Å². The Balaban J connectivity index is 1.42. The molecule has 2 aliphatic rings. The van der Waals surface area contributed by atoms with Gasteiger partial charge in [-0.25, -0.2) is 14.6 Å². The Hall–Kier alpha value is -1.97. The number of nitrogens with zero attached hydrogens (tertiary/aromatic N) is 2. The Bertz CT molecular complexity index is 908. The van der Waals surface area contributed by atoms with E-state index in [-0.39, 0.29) is 25.2 Å². The Morgan fingerprint density at radius 1 is 1.27 bits per heavy atom. The van der Waals surface area contributed by atoms with Crippen molar-refractivity contribution in [2.75, 3.05) is 19.7 Å². The van der Waals surface area contributed by atoms with Crippen molar-refractivity contribution in [2.24, 2.45) is 11.8 Å².